The van der Waals surface area contributed by atoms with Gasteiger partial charge >= 0.3 is 0 Å². The molecule has 2 heterocycles. The molecule has 2 N–H and O–H groups in total. The van der Waals surface area contributed by atoms with Gasteiger partial charge < -0.3 is 10.6 Å². The number of piperidine rings is 1. The van der Waals surface area contributed by atoms with Crippen molar-refractivity contribution in [2.24, 2.45) is 5.92 Å². The van der Waals surface area contributed by atoms with E-state index in [2.05, 4.69) is 16.0 Å². The van der Waals surface area contributed by atoms with Crippen molar-refractivity contribution in [3.63, 3.8) is 0 Å². The second-order valence-corrected chi connectivity index (χ2v) is 4.41. The zero-order chi connectivity index (χ0) is 9.54. The minimum atomic E-state index is 0.630. The molecule has 3 nitrogen and oxygen atoms in total. The van der Waals surface area contributed by atoms with Crippen LogP contribution in [0.25, 0.3) is 0 Å². The molecule has 0 spiro atoms. The maximum Gasteiger partial charge on any atom is 0.131 e. The maximum atomic E-state index is 5.69. The molecule has 2 atom stereocenters. The Labute approximate surface area is 83.9 Å². The highest BCUT2D eigenvalue weighted by molar-refractivity contribution is 5.47. The Bertz CT molecular complexity index is 350. The summed E-state index contributed by atoms with van der Waals surface area (Å²) in [7, 11) is 0. The van der Waals surface area contributed by atoms with Crippen molar-refractivity contribution in [2.45, 2.75) is 25.3 Å². The highest BCUT2D eigenvalue weighted by atomic mass is 15.2. The number of nitrogen functional groups attached to an aromatic ring is 1. The summed E-state index contributed by atoms with van der Waals surface area (Å²) in [4.78, 5) is 6.80. The fraction of sp³-hybridized carbons (Fsp3) is 0.545. The molecule has 2 aliphatic rings. The van der Waals surface area contributed by atoms with E-state index in [0.29, 0.717) is 5.82 Å². The quantitative estimate of drug-likeness (QED) is 0.730. The maximum absolute atomic E-state index is 5.69. The molecule has 1 saturated carbocycles. The topological polar surface area (TPSA) is 42.1 Å². The van der Waals surface area contributed by atoms with E-state index in [4.69, 9.17) is 5.73 Å². The number of nitrogens with two attached hydrogens (primary N) is 1. The summed E-state index contributed by atoms with van der Waals surface area (Å²) in [5, 5.41) is 0. The van der Waals surface area contributed by atoms with Gasteiger partial charge in [-0.05, 0) is 37.3 Å². The molecule has 1 aromatic heterocycles. The van der Waals surface area contributed by atoms with Gasteiger partial charge in [0.25, 0.3) is 0 Å². The first-order valence-corrected chi connectivity index (χ1v) is 5.32. The lowest BCUT2D eigenvalue weighted by Gasteiger charge is -2.28. The largest absolute Gasteiger partial charge is 0.384 e. The number of anilines is 2. The summed E-state index contributed by atoms with van der Waals surface area (Å²) in [5.41, 5.74) is 5.69. The van der Waals surface area contributed by atoms with E-state index in [1.54, 1.807) is 0 Å². The first kappa shape index (κ1) is 8.09. The monoisotopic (exact) mass is 189 g/mol. The Hall–Kier alpha value is -1.25. The second kappa shape index (κ2) is 2.87. The Balaban J connectivity index is 1.89. The molecule has 74 valence electrons. The fourth-order valence-electron chi connectivity index (χ4n) is 2.80. The number of aromatic nitrogens is 1. The standard InChI is InChI=1S/C11H15N3/c12-10-2-1-3-11(13-10)14-7-8-4-5-9(14)6-8/h1-3,8-9H,4-7H2,(H2,12,13). The first-order chi connectivity index (χ1) is 6.83. The summed E-state index contributed by atoms with van der Waals surface area (Å²) in [6, 6.07) is 6.63. The number of nitrogens with zero attached hydrogens (tertiary/aromatic N) is 2. The van der Waals surface area contributed by atoms with Crippen LogP contribution in [-0.2, 0) is 0 Å². The van der Waals surface area contributed by atoms with Crippen LogP contribution in [0.3, 0.4) is 0 Å². The summed E-state index contributed by atoms with van der Waals surface area (Å²) < 4.78 is 0. The van der Waals surface area contributed by atoms with Gasteiger partial charge in [0.05, 0.1) is 0 Å². The van der Waals surface area contributed by atoms with E-state index in [1.165, 1.54) is 25.8 Å². The number of rotatable bonds is 1. The Morgan fingerprint density at radius 2 is 2.29 bits per heavy atom. The molecule has 1 aliphatic heterocycles. The van der Waals surface area contributed by atoms with Gasteiger partial charge in [0.2, 0.25) is 0 Å². The molecule has 2 fully saturated rings. The predicted molar refractivity (Wildman–Crippen MR) is 57.1 cm³/mol. The molecule has 0 aromatic carbocycles. The van der Waals surface area contributed by atoms with Gasteiger partial charge in [-0.3, -0.25) is 0 Å². The van der Waals surface area contributed by atoms with Crippen molar-refractivity contribution >= 4 is 11.6 Å². The highest BCUT2D eigenvalue weighted by Crippen LogP contribution is 2.39. The third-order valence-corrected chi connectivity index (χ3v) is 3.46. The molecule has 14 heavy (non-hydrogen) atoms. The summed E-state index contributed by atoms with van der Waals surface area (Å²) in [6.45, 7) is 1.18. The summed E-state index contributed by atoms with van der Waals surface area (Å²) >= 11 is 0. The van der Waals surface area contributed by atoms with Gasteiger partial charge in [-0.2, -0.15) is 0 Å². The van der Waals surface area contributed by atoms with Crippen LogP contribution in [0, 0.1) is 5.92 Å². The Kier molecular flexibility index (Phi) is 1.66. The first-order valence-electron chi connectivity index (χ1n) is 5.32. The highest BCUT2D eigenvalue weighted by Gasteiger charge is 2.38. The zero-order valence-corrected chi connectivity index (χ0v) is 8.19. The third kappa shape index (κ3) is 1.15. The number of fused-ring (bicyclic) bond motifs is 2. The molecule has 1 saturated heterocycles. The lowest BCUT2D eigenvalue weighted by molar-refractivity contribution is 0.550. The van der Waals surface area contributed by atoms with Crippen LogP contribution in [-0.4, -0.2) is 17.6 Å². The Morgan fingerprint density at radius 1 is 1.36 bits per heavy atom. The van der Waals surface area contributed by atoms with Crippen molar-refractivity contribution in [2.75, 3.05) is 17.2 Å². The van der Waals surface area contributed by atoms with Crippen LogP contribution < -0.4 is 10.6 Å². The number of pyridine rings is 1. The van der Waals surface area contributed by atoms with Gasteiger partial charge in [-0.15, -0.1) is 0 Å². The molecular weight excluding hydrogens is 174 g/mol. The molecule has 1 aromatic rings. The van der Waals surface area contributed by atoms with E-state index < -0.39 is 0 Å². The molecule has 0 radical (unpaired) electrons. The van der Waals surface area contributed by atoms with Gasteiger partial charge in [-0.1, -0.05) is 6.07 Å². The molecule has 2 unspecified atom stereocenters. The smallest absolute Gasteiger partial charge is 0.131 e. The molecule has 0 amide bonds. The van der Waals surface area contributed by atoms with Crippen molar-refractivity contribution in [3.8, 4) is 0 Å². The second-order valence-electron chi connectivity index (χ2n) is 4.41. The average Bonchev–Trinajstić information content (AvgIpc) is 2.78. The SMILES string of the molecule is Nc1cccc(N2CC3CCC2C3)n1. The van der Waals surface area contributed by atoms with Gasteiger partial charge in [-0.25, -0.2) is 4.98 Å². The van der Waals surface area contributed by atoms with Crippen molar-refractivity contribution in [3.05, 3.63) is 18.2 Å². The Morgan fingerprint density at radius 3 is 2.93 bits per heavy atom. The zero-order valence-electron chi connectivity index (χ0n) is 8.19. The molecular formula is C11H15N3. The third-order valence-electron chi connectivity index (χ3n) is 3.46. The van der Waals surface area contributed by atoms with Crippen LogP contribution in [0.2, 0.25) is 0 Å². The lowest BCUT2D eigenvalue weighted by Crippen LogP contribution is -2.32. The van der Waals surface area contributed by atoms with E-state index in [1.807, 2.05) is 12.1 Å². The summed E-state index contributed by atoms with van der Waals surface area (Å²) in [6.07, 6.45) is 4.10. The van der Waals surface area contributed by atoms with E-state index in [0.717, 1.165) is 17.8 Å². The number of hydrogen-bond acceptors (Lipinski definition) is 3. The van der Waals surface area contributed by atoms with Crippen molar-refractivity contribution in [1.29, 1.82) is 0 Å². The van der Waals surface area contributed by atoms with Crippen LogP contribution in [0.5, 0.6) is 0 Å². The van der Waals surface area contributed by atoms with E-state index in [-0.39, 0.29) is 0 Å². The molecule has 1 aliphatic carbocycles. The fourth-order valence-corrected chi connectivity index (χ4v) is 2.80. The number of hydrogen-bond donors (Lipinski definition) is 1. The lowest BCUT2D eigenvalue weighted by atomic mass is 10.1. The van der Waals surface area contributed by atoms with E-state index in [9.17, 15) is 0 Å². The van der Waals surface area contributed by atoms with Gasteiger partial charge in [0.15, 0.2) is 0 Å². The van der Waals surface area contributed by atoms with E-state index >= 15 is 0 Å². The summed E-state index contributed by atoms with van der Waals surface area (Å²) in [5.74, 6) is 2.60. The van der Waals surface area contributed by atoms with Gasteiger partial charge in [0, 0.05) is 12.6 Å². The molecule has 3 rings (SSSR count). The van der Waals surface area contributed by atoms with Crippen LogP contribution in [0.4, 0.5) is 11.6 Å². The molecule has 2 bridgehead atoms. The van der Waals surface area contributed by atoms with Crippen LogP contribution in [0.1, 0.15) is 19.3 Å². The van der Waals surface area contributed by atoms with Crippen molar-refractivity contribution < 1.29 is 0 Å². The predicted octanol–water partition coefficient (Wildman–Crippen LogP) is 1.65. The normalized spacial score (nSPS) is 29.9. The molecule has 3 heteroatoms. The average molecular weight is 189 g/mol. The van der Waals surface area contributed by atoms with Crippen LogP contribution >= 0.6 is 0 Å². The van der Waals surface area contributed by atoms with Gasteiger partial charge in [0.1, 0.15) is 11.6 Å². The van der Waals surface area contributed by atoms with Crippen molar-refractivity contribution in [1.82, 2.24) is 4.98 Å². The minimum absolute atomic E-state index is 0.630. The van der Waals surface area contributed by atoms with Crippen LogP contribution in [0.15, 0.2) is 18.2 Å². The minimum Gasteiger partial charge on any atom is -0.384 e.